The van der Waals surface area contributed by atoms with E-state index in [9.17, 15) is 4.79 Å². The number of rotatable bonds is 5. The Balaban J connectivity index is 2.81. The minimum Gasteiger partial charge on any atom is -0.384 e. The second-order valence-electron chi connectivity index (χ2n) is 4.83. The summed E-state index contributed by atoms with van der Waals surface area (Å²) >= 11 is 0. The van der Waals surface area contributed by atoms with Crippen molar-refractivity contribution in [2.45, 2.75) is 13.8 Å². The van der Waals surface area contributed by atoms with Crippen LogP contribution in [-0.2, 0) is 4.74 Å². The van der Waals surface area contributed by atoms with Gasteiger partial charge in [0.2, 0.25) is 0 Å². The molecule has 3 N–H and O–H groups in total. The van der Waals surface area contributed by atoms with Crippen LogP contribution in [0.15, 0.2) is 18.2 Å². The molecule has 0 spiro atoms. The van der Waals surface area contributed by atoms with E-state index in [0.717, 1.165) is 5.56 Å². The second-order valence-corrected chi connectivity index (χ2v) is 4.83. The fourth-order valence-electron chi connectivity index (χ4n) is 1.81. The van der Waals surface area contributed by atoms with Crippen molar-refractivity contribution in [2.24, 2.45) is 11.7 Å². The van der Waals surface area contributed by atoms with E-state index in [-0.39, 0.29) is 18.4 Å². The first-order valence-electron chi connectivity index (χ1n) is 6.65. The molecule has 0 saturated heterocycles. The molecule has 1 aromatic carbocycles. The van der Waals surface area contributed by atoms with Crippen LogP contribution in [0.3, 0.4) is 0 Å². The summed E-state index contributed by atoms with van der Waals surface area (Å²) in [5.41, 5.74) is 7.75. The Morgan fingerprint density at radius 1 is 1.50 bits per heavy atom. The van der Waals surface area contributed by atoms with Gasteiger partial charge in [0.05, 0.1) is 18.7 Å². The molecule has 4 nitrogen and oxygen atoms in total. The van der Waals surface area contributed by atoms with Crippen LogP contribution in [0, 0.1) is 24.7 Å². The molecule has 0 heterocycles. The maximum atomic E-state index is 12.2. The molecule has 0 saturated carbocycles. The molecule has 1 atom stereocenters. The van der Waals surface area contributed by atoms with Crippen LogP contribution in [0.4, 0.5) is 0 Å². The third-order valence-corrected chi connectivity index (χ3v) is 2.81. The van der Waals surface area contributed by atoms with Gasteiger partial charge in [-0.1, -0.05) is 24.8 Å². The minimum absolute atomic E-state index is 0.116. The first-order chi connectivity index (χ1) is 9.58. The van der Waals surface area contributed by atoms with Gasteiger partial charge in [0, 0.05) is 19.2 Å². The van der Waals surface area contributed by atoms with Crippen molar-refractivity contribution in [2.75, 3.05) is 26.8 Å². The molecule has 1 aromatic rings. The molecule has 0 aliphatic rings. The van der Waals surface area contributed by atoms with Crippen LogP contribution in [-0.4, -0.2) is 32.7 Å². The number of ether oxygens (including phenoxy) is 1. The lowest BCUT2D eigenvalue weighted by Gasteiger charge is -2.12. The highest BCUT2D eigenvalue weighted by molar-refractivity contribution is 5.96. The number of nitrogens with two attached hydrogens (primary N) is 1. The molecule has 1 unspecified atom stereocenters. The van der Waals surface area contributed by atoms with Gasteiger partial charge >= 0.3 is 0 Å². The maximum absolute atomic E-state index is 12.2. The fourth-order valence-corrected chi connectivity index (χ4v) is 1.81. The normalized spacial score (nSPS) is 11.4. The summed E-state index contributed by atoms with van der Waals surface area (Å²) in [5.74, 6) is 5.89. The van der Waals surface area contributed by atoms with E-state index in [4.69, 9.17) is 10.5 Å². The summed E-state index contributed by atoms with van der Waals surface area (Å²) in [5, 5.41) is 2.90. The number of nitrogens with one attached hydrogen (secondary N) is 1. The fraction of sp³-hybridized carbons (Fsp3) is 0.438. The van der Waals surface area contributed by atoms with Gasteiger partial charge < -0.3 is 15.8 Å². The van der Waals surface area contributed by atoms with Gasteiger partial charge in [0.25, 0.3) is 5.91 Å². The third-order valence-electron chi connectivity index (χ3n) is 2.81. The number of amides is 1. The molecule has 0 aromatic heterocycles. The lowest BCUT2D eigenvalue weighted by atomic mass is 10.0. The highest BCUT2D eigenvalue weighted by atomic mass is 16.5. The Hall–Kier alpha value is -1.83. The number of hydrogen-bond donors (Lipinski definition) is 2. The SMILES string of the molecule is COCC(C)CNC(=O)c1ccc(C)cc1C#CCN. The number of aryl methyl sites for hydroxylation is 1. The van der Waals surface area contributed by atoms with E-state index in [1.807, 2.05) is 26.0 Å². The first-order valence-corrected chi connectivity index (χ1v) is 6.65. The Morgan fingerprint density at radius 2 is 2.25 bits per heavy atom. The van der Waals surface area contributed by atoms with Crippen molar-refractivity contribution in [3.63, 3.8) is 0 Å². The molecule has 0 bridgehead atoms. The maximum Gasteiger partial charge on any atom is 0.252 e. The van der Waals surface area contributed by atoms with E-state index in [2.05, 4.69) is 17.2 Å². The van der Waals surface area contributed by atoms with Crippen molar-refractivity contribution in [3.8, 4) is 11.8 Å². The van der Waals surface area contributed by atoms with Crippen LogP contribution < -0.4 is 11.1 Å². The van der Waals surface area contributed by atoms with Crippen molar-refractivity contribution < 1.29 is 9.53 Å². The van der Waals surface area contributed by atoms with E-state index in [1.165, 1.54) is 0 Å². The molecule has 1 amide bonds. The van der Waals surface area contributed by atoms with Crippen LogP contribution in [0.1, 0.15) is 28.4 Å². The summed E-state index contributed by atoms with van der Waals surface area (Å²) in [6.45, 7) is 5.46. The average molecular weight is 274 g/mol. The quantitative estimate of drug-likeness (QED) is 0.796. The molecular weight excluding hydrogens is 252 g/mol. The molecule has 1 rings (SSSR count). The van der Waals surface area contributed by atoms with E-state index >= 15 is 0 Å². The third kappa shape index (κ3) is 5.04. The molecule has 0 aliphatic heterocycles. The van der Waals surface area contributed by atoms with Crippen molar-refractivity contribution >= 4 is 5.91 Å². The van der Waals surface area contributed by atoms with Gasteiger partial charge in [0.15, 0.2) is 0 Å². The highest BCUT2D eigenvalue weighted by Crippen LogP contribution is 2.11. The van der Waals surface area contributed by atoms with Crippen molar-refractivity contribution in [1.29, 1.82) is 0 Å². The Labute approximate surface area is 120 Å². The topological polar surface area (TPSA) is 64.3 Å². The molecule has 0 aliphatic carbocycles. The number of carbonyl (C=O) groups is 1. The Kier molecular flexibility index (Phi) is 6.78. The van der Waals surface area contributed by atoms with E-state index in [1.54, 1.807) is 13.2 Å². The largest absolute Gasteiger partial charge is 0.384 e. The predicted molar refractivity (Wildman–Crippen MR) is 80.5 cm³/mol. The summed E-state index contributed by atoms with van der Waals surface area (Å²) in [6, 6.07) is 5.60. The summed E-state index contributed by atoms with van der Waals surface area (Å²) < 4.78 is 5.05. The van der Waals surface area contributed by atoms with Crippen LogP contribution in [0.5, 0.6) is 0 Å². The number of carbonyl (C=O) groups excluding carboxylic acids is 1. The Bertz CT molecular complexity index is 515. The number of hydrogen-bond acceptors (Lipinski definition) is 3. The molecule has 0 radical (unpaired) electrons. The summed E-state index contributed by atoms with van der Waals surface area (Å²) in [7, 11) is 1.65. The predicted octanol–water partition coefficient (Wildman–Crippen LogP) is 1.32. The highest BCUT2D eigenvalue weighted by Gasteiger charge is 2.11. The molecule has 0 fully saturated rings. The minimum atomic E-state index is -0.116. The second kappa shape index (κ2) is 8.36. The van der Waals surface area contributed by atoms with Crippen LogP contribution in [0.25, 0.3) is 0 Å². The number of benzene rings is 1. The smallest absolute Gasteiger partial charge is 0.252 e. The Morgan fingerprint density at radius 3 is 2.90 bits per heavy atom. The zero-order valence-corrected chi connectivity index (χ0v) is 12.3. The van der Waals surface area contributed by atoms with E-state index < -0.39 is 0 Å². The van der Waals surface area contributed by atoms with Gasteiger partial charge in [0.1, 0.15) is 0 Å². The van der Waals surface area contributed by atoms with Crippen molar-refractivity contribution in [3.05, 3.63) is 34.9 Å². The monoisotopic (exact) mass is 274 g/mol. The zero-order chi connectivity index (χ0) is 15.0. The average Bonchev–Trinajstić information content (AvgIpc) is 2.43. The zero-order valence-electron chi connectivity index (χ0n) is 12.3. The first kappa shape index (κ1) is 16.2. The lowest BCUT2D eigenvalue weighted by molar-refractivity contribution is 0.0934. The van der Waals surface area contributed by atoms with Crippen LogP contribution in [0.2, 0.25) is 0 Å². The van der Waals surface area contributed by atoms with Gasteiger partial charge in [-0.15, -0.1) is 0 Å². The van der Waals surface area contributed by atoms with Gasteiger partial charge in [-0.3, -0.25) is 4.79 Å². The van der Waals surface area contributed by atoms with Crippen LogP contribution >= 0.6 is 0 Å². The molecule has 4 heteroatoms. The standard InChI is InChI=1S/C16H22N2O2/c1-12-6-7-15(14(9-12)5-4-8-17)16(19)18-10-13(2)11-20-3/h6-7,9,13H,8,10-11,17H2,1-3H3,(H,18,19). The summed E-state index contributed by atoms with van der Waals surface area (Å²) in [4.78, 5) is 12.2. The molecule has 20 heavy (non-hydrogen) atoms. The lowest BCUT2D eigenvalue weighted by Crippen LogP contribution is -2.30. The molecular formula is C16H22N2O2. The summed E-state index contributed by atoms with van der Waals surface area (Å²) in [6.07, 6.45) is 0. The number of methoxy groups -OCH3 is 1. The van der Waals surface area contributed by atoms with Gasteiger partial charge in [-0.05, 0) is 30.5 Å². The molecule has 108 valence electrons. The van der Waals surface area contributed by atoms with Gasteiger partial charge in [-0.2, -0.15) is 0 Å². The van der Waals surface area contributed by atoms with Gasteiger partial charge in [-0.25, -0.2) is 0 Å². The van der Waals surface area contributed by atoms with Crippen molar-refractivity contribution in [1.82, 2.24) is 5.32 Å². The van der Waals surface area contributed by atoms with E-state index in [0.29, 0.717) is 24.3 Å².